The van der Waals surface area contributed by atoms with Gasteiger partial charge in [0, 0.05) is 12.1 Å². The second-order valence-corrected chi connectivity index (χ2v) is 6.46. The standard InChI is InChI=1S/C16H12N4O3S/c1-8-3-5-12-14(9(8)2)23-15(17-12)19-16-18-11-6-4-10(20(21)22)7-13(11)24-16/h3-7H,1-2H3,(H,17,18,19). The molecule has 120 valence electrons. The average Bonchev–Trinajstić information content (AvgIpc) is 3.13. The molecule has 8 heteroatoms. The molecule has 0 atom stereocenters. The molecule has 0 aliphatic rings. The highest BCUT2D eigenvalue weighted by Gasteiger charge is 2.13. The average molecular weight is 340 g/mol. The normalized spacial score (nSPS) is 11.2. The number of nitro groups is 1. The highest BCUT2D eigenvalue weighted by molar-refractivity contribution is 7.22. The molecule has 4 rings (SSSR count). The Hall–Kier alpha value is -3.00. The third kappa shape index (κ3) is 2.37. The van der Waals surface area contributed by atoms with Gasteiger partial charge in [0.15, 0.2) is 10.7 Å². The van der Waals surface area contributed by atoms with E-state index in [-0.39, 0.29) is 5.69 Å². The van der Waals surface area contributed by atoms with Crippen LogP contribution in [0.2, 0.25) is 0 Å². The number of anilines is 2. The van der Waals surface area contributed by atoms with Crippen LogP contribution in [0, 0.1) is 24.0 Å². The Morgan fingerprint density at radius 1 is 1.17 bits per heavy atom. The fourth-order valence-electron chi connectivity index (χ4n) is 2.45. The third-order valence-electron chi connectivity index (χ3n) is 3.87. The molecule has 1 N–H and O–H groups in total. The Balaban J connectivity index is 1.71. The zero-order chi connectivity index (χ0) is 16.8. The number of thiazole rings is 1. The van der Waals surface area contributed by atoms with Gasteiger partial charge in [-0.3, -0.25) is 15.4 Å². The lowest BCUT2D eigenvalue weighted by molar-refractivity contribution is -0.384. The van der Waals surface area contributed by atoms with E-state index in [0.717, 1.165) is 26.9 Å². The van der Waals surface area contributed by atoms with Gasteiger partial charge in [-0.15, -0.1) is 0 Å². The number of oxazole rings is 1. The van der Waals surface area contributed by atoms with Crippen molar-refractivity contribution < 1.29 is 9.34 Å². The number of fused-ring (bicyclic) bond motifs is 2. The van der Waals surface area contributed by atoms with Gasteiger partial charge in [-0.25, -0.2) is 4.98 Å². The minimum Gasteiger partial charge on any atom is -0.423 e. The van der Waals surface area contributed by atoms with Crippen LogP contribution in [0.4, 0.5) is 16.8 Å². The molecule has 7 nitrogen and oxygen atoms in total. The van der Waals surface area contributed by atoms with Crippen LogP contribution < -0.4 is 5.32 Å². The van der Waals surface area contributed by atoms with Crippen molar-refractivity contribution in [3.63, 3.8) is 0 Å². The van der Waals surface area contributed by atoms with Crippen LogP contribution in [0.1, 0.15) is 11.1 Å². The maximum Gasteiger partial charge on any atom is 0.302 e. The number of aromatic nitrogens is 2. The van der Waals surface area contributed by atoms with Gasteiger partial charge in [0.05, 0.1) is 15.1 Å². The lowest BCUT2D eigenvalue weighted by Crippen LogP contribution is -1.88. The smallest absolute Gasteiger partial charge is 0.302 e. The number of nitrogens with one attached hydrogen (secondary N) is 1. The van der Waals surface area contributed by atoms with Crippen molar-refractivity contribution in [3.05, 3.63) is 51.6 Å². The predicted molar refractivity (Wildman–Crippen MR) is 93.0 cm³/mol. The number of rotatable bonds is 3. The Morgan fingerprint density at radius 2 is 1.96 bits per heavy atom. The molecule has 0 spiro atoms. The first-order valence-electron chi connectivity index (χ1n) is 7.20. The molecule has 0 saturated heterocycles. The van der Waals surface area contributed by atoms with Gasteiger partial charge in [-0.2, -0.15) is 4.98 Å². The maximum absolute atomic E-state index is 10.9. The van der Waals surface area contributed by atoms with Crippen molar-refractivity contribution >= 4 is 49.5 Å². The molecule has 0 saturated carbocycles. The molecule has 24 heavy (non-hydrogen) atoms. The fourth-order valence-corrected chi connectivity index (χ4v) is 3.34. The largest absolute Gasteiger partial charge is 0.423 e. The summed E-state index contributed by atoms with van der Waals surface area (Å²) in [5, 5.41) is 14.5. The summed E-state index contributed by atoms with van der Waals surface area (Å²) in [6.45, 7) is 4.01. The van der Waals surface area contributed by atoms with Gasteiger partial charge in [0.2, 0.25) is 0 Å². The predicted octanol–water partition coefficient (Wildman–Crippen LogP) is 4.71. The van der Waals surface area contributed by atoms with E-state index >= 15 is 0 Å². The Bertz CT molecular complexity index is 1100. The van der Waals surface area contributed by atoms with Gasteiger partial charge in [-0.1, -0.05) is 17.4 Å². The van der Waals surface area contributed by atoms with Crippen LogP contribution in [0.3, 0.4) is 0 Å². The van der Waals surface area contributed by atoms with E-state index in [1.165, 1.54) is 23.5 Å². The number of nitro benzene ring substituents is 1. The summed E-state index contributed by atoms with van der Waals surface area (Å²) in [5.41, 5.74) is 4.44. The number of nitrogens with zero attached hydrogens (tertiary/aromatic N) is 3. The van der Waals surface area contributed by atoms with Gasteiger partial charge in [0.25, 0.3) is 5.69 Å². The van der Waals surface area contributed by atoms with Crippen LogP contribution >= 0.6 is 11.3 Å². The van der Waals surface area contributed by atoms with E-state index < -0.39 is 4.92 Å². The summed E-state index contributed by atoms with van der Waals surface area (Å²) in [6, 6.07) is 8.85. The summed E-state index contributed by atoms with van der Waals surface area (Å²) in [7, 11) is 0. The molecule has 0 aliphatic carbocycles. The molecule has 0 fully saturated rings. The molecule has 0 radical (unpaired) electrons. The second kappa shape index (κ2) is 5.27. The highest BCUT2D eigenvalue weighted by atomic mass is 32.1. The first-order chi connectivity index (χ1) is 11.5. The monoisotopic (exact) mass is 340 g/mol. The summed E-state index contributed by atoms with van der Waals surface area (Å²) in [6.07, 6.45) is 0. The van der Waals surface area contributed by atoms with Crippen molar-refractivity contribution in [3.8, 4) is 0 Å². The van der Waals surface area contributed by atoms with Crippen LogP contribution in [0.25, 0.3) is 21.3 Å². The van der Waals surface area contributed by atoms with Crippen molar-refractivity contribution in [2.45, 2.75) is 13.8 Å². The van der Waals surface area contributed by atoms with E-state index in [9.17, 15) is 10.1 Å². The SMILES string of the molecule is Cc1ccc2nc(Nc3nc4ccc([N+](=O)[O-])cc4s3)oc2c1C. The summed E-state index contributed by atoms with van der Waals surface area (Å²) >= 11 is 1.31. The van der Waals surface area contributed by atoms with E-state index in [0.29, 0.717) is 16.7 Å². The summed E-state index contributed by atoms with van der Waals surface area (Å²) < 4.78 is 6.51. The maximum atomic E-state index is 10.9. The van der Waals surface area contributed by atoms with Crippen molar-refractivity contribution in [1.82, 2.24) is 9.97 Å². The lowest BCUT2D eigenvalue weighted by atomic mass is 10.1. The van der Waals surface area contributed by atoms with Gasteiger partial charge >= 0.3 is 6.01 Å². The topological polar surface area (TPSA) is 94.1 Å². The molecule has 4 aromatic rings. The van der Waals surface area contributed by atoms with Crippen molar-refractivity contribution in [1.29, 1.82) is 0 Å². The quantitative estimate of drug-likeness (QED) is 0.429. The highest BCUT2D eigenvalue weighted by Crippen LogP contribution is 2.32. The minimum atomic E-state index is -0.418. The van der Waals surface area contributed by atoms with Crippen LogP contribution in [0.15, 0.2) is 34.7 Å². The van der Waals surface area contributed by atoms with Gasteiger partial charge in [0.1, 0.15) is 5.52 Å². The molecule has 2 heterocycles. The fraction of sp³-hybridized carbons (Fsp3) is 0.125. The number of hydrogen-bond donors (Lipinski definition) is 1. The minimum absolute atomic E-state index is 0.0469. The molecule has 0 amide bonds. The van der Waals surface area contributed by atoms with E-state index in [4.69, 9.17) is 4.42 Å². The molecule has 2 aromatic heterocycles. The zero-order valence-electron chi connectivity index (χ0n) is 12.9. The van der Waals surface area contributed by atoms with Crippen LogP contribution in [-0.4, -0.2) is 14.9 Å². The Morgan fingerprint density at radius 3 is 2.75 bits per heavy atom. The van der Waals surface area contributed by atoms with E-state index in [1.807, 2.05) is 26.0 Å². The molecular formula is C16H12N4O3S. The van der Waals surface area contributed by atoms with Gasteiger partial charge < -0.3 is 4.42 Å². The number of hydrogen-bond acceptors (Lipinski definition) is 7. The molecular weight excluding hydrogens is 328 g/mol. The third-order valence-corrected chi connectivity index (χ3v) is 4.81. The van der Waals surface area contributed by atoms with Crippen LogP contribution in [-0.2, 0) is 0 Å². The molecule has 0 aliphatic heterocycles. The Labute approximate surface area is 140 Å². The Kier molecular flexibility index (Phi) is 3.20. The van der Waals surface area contributed by atoms with Crippen molar-refractivity contribution in [2.24, 2.45) is 0 Å². The number of non-ortho nitro benzene ring substituents is 1. The summed E-state index contributed by atoms with van der Waals surface area (Å²) in [4.78, 5) is 19.2. The van der Waals surface area contributed by atoms with Gasteiger partial charge in [-0.05, 0) is 37.1 Å². The second-order valence-electron chi connectivity index (χ2n) is 5.43. The van der Waals surface area contributed by atoms with Crippen LogP contribution in [0.5, 0.6) is 0 Å². The number of benzene rings is 2. The van der Waals surface area contributed by atoms with Crippen molar-refractivity contribution in [2.75, 3.05) is 5.32 Å². The van der Waals surface area contributed by atoms with E-state index in [2.05, 4.69) is 15.3 Å². The first kappa shape index (κ1) is 14.6. The first-order valence-corrected chi connectivity index (χ1v) is 8.01. The molecule has 2 aromatic carbocycles. The lowest BCUT2D eigenvalue weighted by Gasteiger charge is -1.97. The zero-order valence-corrected chi connectivity index (χ0v) is 13.7. The number of aryl methyl sites for hydroxylation is 2. The van der Waals surface area contributed by atoms with E-state index in [1.54, 1.807) is 6.07 Å². The molecule has 0 bridgehead atoms. The molecule has 0 unspecified atom stereocenters. The summed E-state index contributed by atoms with van der Waals surface area (Å²) in [5.74, 6) is 0.